The topological polar surface area (TPSA) is 55.1 Å². The van der Waals surface area contributed by atoms with E-state index < -0.39 is 0 Å². The molecule has 0 bridgehead atoms. The Morgan fingerprint density at radius 1 is 1.00 bits per heavy atom. The van der Waals surface area contributed by atoms with Crippen molar-refractivity contribution in [3.05, 3.63) is 108 Å². The highest BCUT2D eigenvalue weighted by atomic mass is 32.1. The van der Waals surface area contributed by atoms with Gasteiger partial charge in [0.25, 0.3) is 0 Å². The maximum atomic E-state index is 5.43. The summed E-state index contributed by atoms with van der Waals surface area (Å²) >= 11 is 9.96. The molecule has 0 fully saturated rings. The molecule has 1 aliphatic carbocycles. The van der Waals surface area contributed by atoms with Crippen molar-refractivity contribution in [3.8, 4) is 11.3 Å². The molecule has 5 nitrogen and oxygen atoms in total. The lowest BCUT2D eigenvalue weighted by Crippen LogP contribution is -2.32. The van der Waals surface area contributed by atoms with Crippen LogP contribution >= 0.6 is 24.8 Å². The van der Waals surface area contributed by atoms with E-state index in [0.717, 1.165) is 54.8 Å². The van der Waals surface area contributed by atoms with Gasteiger partial charge in [0.1, 0.15) is 5.69 Å². The molecule has 7 heteroatoms. The van der Waals surface area contributed by atoms with Crippen molar-refractivity contribution in [3.63, 3.8) is 0 Å². The van der Waals surface area contributed by atoms with E-state index in [4.69, 9.17) is 12.2 Å². The van der Waals surface area contributed by atoms with Crippen LogP contribution in [0.3, 0.4) is 0 Å². The Balaban J connectivity index is 1.25. The van der Waals surface area contributed by atoms with E-state index in [2.05, 4.69) is 67.9 Å². The summed E-state index contributed by atoms with van der Waals surface area (Å²) in [5, 5.41) is 12.0. The predicted molar refractivity (Wildman–Crippen MR) is 144 cm³/mol. The fourth-order valence-corrected chi connectivity index (χ4v) is 4.77. The highest BCUT2D eigenvalue weighted by Gasteiger charge is 2.24. The van der Waals surface area contributed by atoms with Gasteiger partial charge in [0.05, 0.1) is 29.1 Å². The summed E-state index contributed by atoms with van der Waals surface area (Å²) in [4.78, 5) is 6.42. The first kappa shape index (κ1) is 20.8. The standard InChI is InChI=1S/C27H19N5S2/c33-25-13-14-28-27-17(4-9-21(25)27)3-5-18-6-10-20-22(30-31-23(20)16-29-18)11-7-19-8-12-24-26(34)2-1-15-32(19)24/h1-16,27-28,34H/b5-3+,11-7+. The van der Waals surface area contributed by atoms with E-state index in [1.807, 2.05) is 61.0 Å². The van der Waals surface area contributed by atoms with Crippen molar-refractivity contribution in [1.29, 1.82) is 0 Å². The van der Waals surface area contributed by atoms with E-state index in [0.29, 0.717) is 0 Å². The molecule has 5 heterocycles. The Kier molecular flexibility index (Phi) is 5.20. The van der Waals surface area contributed by atoms with Crippen LogP contribution < -0.4 is 5.32 Å². The Morgan fingerprint density at radius 2 is 1.94 bits per heavy atom. The minimum absolute atomic E-state index is 0.110. The Morgan fingerprint density at radius 3 is 2.88 bits per heavy atom. The SMILES string of the molecule is S=C1C=CNC2C(/C=C/c3ccc4c(/C=C/c5ccc6c(S)cccn56)nnc-4cn3)=CC=C12. The summed E-state index contributed by atoms with van der Waals surface area (Å²) in [5.41, 5.74) is 7.76. The quantitative estimate of drug-likeness (QED) is 0.304. The molecule has 0 aromatic carbocycles. The normalized spacial score (nSPS) is 17.6. The monoisotopic (exact) mass is 477 g/mol. The first-order valence-corrected chi connectivity index (χ1v) is 11.7. The summed E-state index contributed by atoms with van der Waals surface area (Å²) in [6, 6.07) is 12.2. The van der Waals surface area contributed by atoms with Gasteiger partial charge in [-0.25, -0.2) is 0 Å². The zero-order chi connectivity index (χ0) is 23.1. The lowest BCUT2D eigenvalue weighted by molar-refractivity contribution is 0.797. The zero-order valence-corrected chi connectivity index (χ0v) is 19.7. The number of hydrogen-bond acceptors (Lipinski definition) is 6. The van der Waals surface area contributed by atoms with Crippen molar-refractivity contribution in [2.45, 2.75) is 10.9 Å². The third-order valence-electron chi connectivity index (χ3n) is 6.02. The van der Waals surface area contributed by atoms with Crippen LogP contribution in [0.25, 0.3) is 35.0 Å². The van der Waals surface area contributed by atoms with Crippen molar-refractivity contribution >= 4 is 53.5 Å². The zero-order valence-electron chi connectivity index (χ0n) is 18.0. The summed E-state index contributed by atoms with van der Waals surface area (Å²) < 4.78 is 2.10. The van der Waals surface area contributed by atoms with Gasteiger partial charge in [0, 0.05) is 27.2 Å². The number of thiocarbonyl (C=S) groups is 1. The molecule has 0 radical (unpaired) electrons. The summed E-state index contributed by atoms with van der Waals surface area (Å²) in [6.07, 6.45) is 19.9. The van der Waals surface area contributed by atoms with Gasteiger partial charge in [-0.3, -0.25) is 4.98 Å². The van der Waals surface area contributed by atoms with Gasteiger partial charge >= 0.3 is 0 Å². The number of rotatable bonds is 4. The maximum absolute atomic E-state index is 5.43. The molecule has 2 aromatic heterocycles. The number of nitrogens with one attached hydrogen (secondary N) is 1. The van der Waals surface area contributed by atoms with Crippen molar-refractivity contribution in [2.75, 3.05) is 0 Å². The number of nitrogens with zero attached hydrogens (tertiary/aromatic N) is 4. The van der Waals surface area contributed by atoms with Crippen LogP contribution in [0, 0.1) is 0 Å². The van der Waals surface area contributed by atoms with E-state index in [1.54, 1.807) is 6.20 Å². The fraction of sp³-hybridized carbons (Fsp3) is 0.0370. The average molecular weight is 478 g/mol. The summed E-state index contributed by atoms with van der Waals surface area (Å²) in [5.74, 6) is 0. The number of pyridine rings is 1. The highest BCUT2D eigenvalue weighted by molar-refractivity contribution is 7.81. The van der Waals surface area contributed by atoms with Crippen molar-refractivity contribution < 1.29 is 0 Å². The molecule has 1 unspecified atom stereocenters. The highest BCUT2D eigenvalue weighted by Crippen LogP contribution is 2.27. The number of fused-ring (bicyclic) bond motifs is 3. The van der Waals surface area contributed by atoms with Gasteiger partial charge in [0.2, 0.25) is 0 Å². The average Bonchev–Trinajstić information content (AvgIpc) is 3.52. The molecule has 34 heavy (non-hydrogen) atoms. The molecule has 0 spiro atoms. The molecule has 4 aliphatic rings. The second-order valence-corrected chi connectivity index (χ2v) is 8.98. The smallest absolute Gasteiger partial charge is 0.113 e. The summed E-state index contributed by atoms with van der Waals surface area (Å²) in [7, 11) is 0. The predicted octanol–water partition coefficient (Wildman–Crippen LogP) is 5.42. The molecule has 0 amide bonds. The molecule has 2 aromatic rings. The van der Waals surface area contributed by atoms with E-state index in [-0.39, 0.29) is 6.04 Å². The van der Waals surface area contributed by atoms with E-state index in [1.165, 1.54) is 0 Å². The Labute approximate surface area is 207 Å². The molecule has 3 aliphatic heterocycles. The first-order valence-electron chi connectivity index (χ1n) is 10.8. The van der Waals surface area contributed by atoms with Crippen LogP contribution in [0.1, 0.15) is 17.1 Å². The minimum Gasteiger partial charge on any atom is -0.380 e. The number of aromatic nitrogens is 4. The van der Waals surface area contributed by atoms with Crippen LogP contribution in [0.2, 0.25) is 0 Å². The van der Waals surface area contributed by atoms with E-state index in [9.17, 15) is 0 Å². The third-order valence-corrected chi connectivity index (χ3v) is 6.77. The van der Waals surface area contributed by atoms with Crippen LogP contribution in [-0.2, 0) is 0 Å². The molecular weight excluding hydrogens is 458 g/mol. The minimum atomic E-state index is 0.110. The molecule has 1 atom stereocenters. The number of thiol groups is 1. The van der Waals surface area contributed by atoms with Gasteiger partial charge < -0.3 is 9.72 Å². The molecule has 0 saturated carbocycles. The van der Waals surface area contributed by atoms with Crippen molar-refractivity contribution in [1.82, 2.24) is 24.9 Å². The van der Waals surface area contributed by atoms with Crippen LogP contribution in [0.4, 0.5) is 0 Å². The van der Waals surface area contributed by atoms with Gasteiger partial charge in [-0.1, -0.05) is 30.4 Å². The van der Waals surface area contributed by atoms with Gasteiger partial charge in [-0.2, -0.15) is 0 Å². The van der Waals surface area contributed by atoms with Crippen molar-refractivity contribution in [2.24, 2.45) is 0 Å². The van der Waals surface area contributed by atoms with Gasteiger partial charge in [0.15, 0.2) is 0 Å². The first-order chi connectivity index (χ1) is 16.7. The number of hydrogen-bond donors (Lipinski definition) is 2. The van der Waals surface area contributed by atoms with Crippen LogP contribution in [-0.4, -0.2) is 30.5 Å². The fourth-order valence-electron chi connectivity index (χ4n) is 4.24. The molecule has 1 N–H and O–H groups in total. The molecule has 164 valence electrons. The molecule has 0 saturated heterocycles. The van der Waals surface area contributed by atoms with E-state index >= 15 is 0 Å². The lowest BCUT2D eigenvalue weighted by Gasteiger charge is -2.21. The lowest BCUT2D eigenvalue weighted by atomic mass is 9.99. The molecule has 6 rings (SSSR count). The third kappa shape index (κ3) is 3.69. The van der Waals surface area contributed by atoms with Gasteiger partial charge in [-0.05, 0) is 78.0 Å². The Bertz CT molecular complexity index is 1570. The number of allylic oxidation sites excluding steroid dienone is 3. The van der Waals surface area contributed by atoms with Crippen LogP contribution in [0.15, 0.2) is 95.3 Å². The van der Waals surface area contributed by atoms with Gasteiger partial charge in [-0.15, -0.1) is 22.8 Å². The summed E-state index contributed by atoms with van der Waals surface area (Å²) in [6.45, 7) is 0. The second kappa shape index (κ2) is 8.52. The van der Waals surface area contributed by atoms with Crippen LogP contribution in [0.5, 0.6) is 0 Å². The second-order valence-electron chi connectivity index (χ2n) is 8.06. The Hall–Kier alpha value is -3.81. The molecular formula is C27H19N5S2. The largest absolute Gasteiger partial charge is 0.380 e. The maximum Gasteiger partial charge on any atom is 0.113 e.